The summed E-state index contributed by atoms with van der Waals surface area (Å²) in [4.78, 5) is 14.3. The number of amides is 1. The molecule has 1 aromatic carbocycles. The molecule has 0 bridgehead atoms. The molecule has 2 rings (SSSR count). The molecule has 0 N–H and O–H groups in total. The number of para-hydroxylation sites is 1. The molecule has 1 heterocycles. The van der Waals surface area contributed by atoms with Crippen molar-refractivity contribution in [3.8, 4) is 0 Å². The van der Waals surface area contributed by atoms with Gasteiger partial charge in [0.15, 0.2) is 11.3 Å². The van der Waals surface area contributed by atoms with Crippen LogP contribution in [0.5, 0.6) is 0 Å². The molecule has 2 aromatic rings. The van der Waals surface area contributed by atoms with Crippen molar-refractivity contribution in [3.63, 3.8) is 0 Å². The van der Waals surface area contributed by atoms with E-state index in [9.17, 15) is 4.79 Å². The maximum absolute atomic E-state index is 12.6. The summed E-state index contributed by atoms with van der Waals surface area (Å²) in [5.41, 5.74) is 2.33. The Bertz CT molecular complexity index is 672. The molecule has 0 atom stereocenters. The van der Waals surface area contributed by atoms with Gasteiger partial charge in [-0.05, 0) is 26.8 Å². The fourth-order valence-electron chi connectivity index (χ4n) is 2.21. The number of halogens is 1. The van der Waals surface area contributed by atoms with Crippen molar-refractivity contribution in [1.82, 2.24) is 4.90 Å². The number of rotatable bonds is 4. The Balaban J connectivity index is 2.47. The number of fused-ring (bicyclic) bond motifs is 1. The number of furan rings is 1. The summed E-state index contributed by atoms with van der Waals surface area (Å²) >= 11 is 6.11. The number of carbonyl (C=O) groups is 1. The van der Waals surface area contributed by atoms with Gasteiger partial charge in [0.25, 0.3) is 5.91 Å². The van der Waals surface area contributed by atoms with E-state index in [1.807, 2.05) is 32.9 Å². The highest BCUT2D eigenvalue weighted by molar-refractivity contribution is 6.35. The summed E-state index contributed by atoms with van der Waals surface area (Å²) in [5.74, 6) is 0.233. The van der Waals surface area contributed by atoms with Crippen LogP contribution in [-0.4, -0.2) is 23.9 Å². The van der Waals surface area contributed by atoms with E-state index >= 15 is 0 Å². The molecule has 0 radical (unpaired) electrons. The average Bonchev–Trinajstić information content (AvgIpc) is 2.74. The highest BCUT2D eigenvalue weighted by Crippen LogP contribution is 2.31. The van der Waals surface area contributed by atoms with E-state index in [1.54, 1.807) is 11.0 Å². The second-order valence-corrected chi connectivity index (χ2v) is 5.36. The monoisotopic (exact) mass is 291 g/mol. The lowest BCUT2D eigenvalue weighted by atomic mass is 10.1. The van der Waals surface area contributed by atoms with Gasteiger partial charge in [0.1, 0.15) is 0 Å². The molecular formula is C16H18ClNO2. The maximum atomic E-state index is 12.6. The first kappa shape index (κ1) is 14.7. The lowest BCUT2D eigenvalue weighted by Crippen LogP contribution is -2.32. The van der Waals surface area contributed by atoms with Crippen LogP contribution in [-0.2, 0) is 0 Å². The minimum Gasteiger partial charge on any atom is -0.449 e. The predicted octanol–water partition coefficient (Wildman–Crippen LogP) is 4.43. The standard InChI is InChI=1S/C16H18ClNO2/c1-5-18(9-10(2)3)16(19)14-11(4)12-7-6-8-13(17)15(12)20-14/h6-8H,2,5,9H2,1,3-4H3. The van der Waals surface area contributed by atoms with Gasteiger partial charge in [-0.3, -0.25) is 4.79 Å². The smallest absolute Gasteiger partial charge is 0.290 e. The van der Waals surface area contributed by atoms with Gasteiger partial charge in [-0.1, -0.05) is 35.9 Å². The van der Waals surface area contributed by atoms with Crippen LogP contribution in [0.1, 0.15) is 30.0 Å². The zero-order valence-corrected chi connectivity index (χ0v) is 12.8. The van der Waals surface area contributed by atoms with Crippen LogP contribution in [0.15, 0.2) is 34.8 Å². The fraction of sp³-hybridized carbons (Fsp3) is 0.312. The SMILES string of the molecule is C=C(C)CN(CC)C(=O)c1oc2c(Cl)cccc2c1C. The van der Waals surface area contributed by atoms with Crippen LogP contribution >= 0.6 is 11.6 Å². The average molecular weight is 292 g/mol. The molecule has 4 heteroatoms. The van der Waals surface area contributed by atoms with Crippen LogP contribution in [0.25, 0.3) is 11.0 Å². The van der Waals surface area contributed by atoms with E-state index in [0.717, 1.165) is 16.5 Å². The maximum Gasteiger partial charge on any atom is 0.290 e. The minimum atomic E-state index is -0.125. The summed E-state index contributed by atoms with van der Waals surface area (Å²) in [6, 6.07) is 5.52. The van der Waals surface area contributed by atoms with Gasteiger partial charge in [0.05, 0.1) is 5.02 Å². The molecule has 0 fully saturated rings. The topological polar surface area (TPSA) is 33.5 Å². The van der Waals surface area contributed by atoms with Crippen LogP contribution in [0.2, 0.25) is 5.02 Å². The Kier molecular flexibility index (Phi) is 4.19. The zero-order chi connectivity index (χ0) is 14.9. The molecule has 0 aliphatic rings. The lowest BCUT2D eigenvalue weighted by molar-refractivity contribution is 0.0748. The molecule has 1 amide bonds. The van der Waals surface area contributed by atoms with Gasteiger partial charge >= 0.3 is 0 Å². The first-order chi connectivity index (χ1) is 9.45. The van der Waals surface area contributed by atoms with Gasteiger partial charge in [-0.25, -0.2) is 0 Å². The van der Waals surface area contributed by atoms with Gasteiger partial charge < -0.3 is 9.32 Å². The van der Waals surface area contributed by atoms with E-state index in [-0.39, 0.29) is 5.91 Å². The molecule has 0 unspecified atom stereocenters. The second kappa shape index (κ2) is 5.71. The number of benzene rings is 1. The summed E-state index contributed by atoms with van der Waals surface area (Å²) in [6.45, 7) is 10.7. The third kappa shape index (κ3) is 2.59. The Morgan fingerprint density at radius 2 is 2.15 bits per heavy atom. The molecule has 0 aliphatic heterocycles. The number of nitrogens with zero attached hydrogens (tertiary/aromatic N) is 1. The summed E-state index contributed by atoms with van der Waals surface area (Å²) < 4.78 is 5.70. The second-order valence-electron chi connectivity index (χ2n) is 4.95. The number of hydrogen-bond donors (Lipinski definition) is 0. The third-order valence-corrected chi connectivity index (χ3v) is 3.54. The Hall–Kier alpha value is -1.74. The van der Waals surface area contributed by atoms with Crippen molar-refractivity contribution in [2.75, 3.05) is 13.1 Å². The van der Waals surface area contributed by atoms with Crippen LogP contribution in [0.4, 0.5) is 0 Å². The lowest BCUT2D eigenvalue weighted by Gasteiger charge is -2.19. The molecule has 1 aromatic heterocycles. The van der Waals surface area contributed by atoms with Gasteiger partial charge in [0, 0.05) is 24.0 Å². The summed E-state index contributed by atoms with van der Waals surface area (Å²) in [5, 5.41) is 1.40. The highest BCUT2D eigenvalue weighted by Gasteiger charge is 2.23. The predicted molar refractivity (Wildman–Crippen MR) is 82.4 cm³/mol. The molecule has 0 saturated heterocycles. The number of aryl methyl sites for hydroxylation is 1. The van der Waals surface area contributed by atoms with Gasteiger partial charge in [0.2, 0.25) is 0 Å². The minimum absolute atomic E-state index is 0.125. The highest BCUT2D eigenvalue weighted by atomic mass is 35.5. The largest absolute Gasteiger partial charge is 0.449 e. The third-order valence-electron chi connectivity index (χ3n) is 3.24. The Morgan fingerprint density at radius 1 is 1.45 bits per heavy atom. The van der Waals surface area contributed by atoms with Crippen molar-refractivity contribution in [3.05, 3.63) is 46.7 Å². The summed E-state index contributed by atoms with van der Waals surface area (Å²) in [7, 11) is 0. The Morgan fingerprint density at radius 3 is 2.70 bits per heavy atom. The van der Waals surface area contributed by atoms with Crippen molar-refractivity contribution in [2.24, 2.45) is 0 Å². The van der Waals surface area contributed by atoms with Crippen molar-refractivity contribution in [1.29, 1.82) is 0 Å². The van der Waals surface area contributed by atoms with Gasteiger partial charge in [-0.2, -0.15) is 0 Å². The van der Waals surface area contributed by atoms with E-state index in [0.29, 0.717) is 29.5 Å². The quantitative estimate of drug-likeness (QED) is 0.781. The van der Waals surface area contributed by atoms with Crippen molar-refractivity contribution >= 4 is 28.5 Å². The molecule has 0 spiro atoms. The summed E-state index contributed by atoms with van der Waals surface area (Å²) in [6.07, 6.45) is 0. The normalized spacial score (nSPS) is 10.8. The molecule has 20 heavy (non-hydrogen) atoms. The molecule has 0 aliphatic carbocycles. The van der Waals surface area contributed by atoms with Crippen LogP contribution in [0, 0.1) is 6.92 Å². The first-order valence-corrected chi connectivity index (χ1v) is 6.94. The van der Waals surface area contributed by atoms with Crippen molar-refractivity contribution in [2.45, 2.75) is 20.8 Å². The number of likely N-dealkylation sites (N-methyl/N-ethyl adjacent to an activating group) is 1. The van der Waals surface area contributed by atoms with E-state index in [1.165, 1.54) is 0 Å². The van der Waals surface area contributed by atoms with Gasteiger partial charge in [-0.15, -0.1) is 0 Å². The first-order valence-electron chi connectivity index (χ1n) is 6.57. The zero-order valence-electron chi connectivity index (χ0n) is 12.0. The molecular weight excluding hydrogens is 274 g/mol. The van der Waals surface area contributed by atoms with E-state index < -0.39 is 0 Å². The van der Waals surface area contributed by atoms with Crippen LogP contribution in [0.3, 0.4) is 0 Å². The fourth-order valence-corrected chi connectivity index (χ4v) is 2.42. The van der Waals surface area contributed by atoms with E-state index in [4.69, 9.17) is 16.0 Å². The Labute approximate surface area is 123 Å². The number of carbonyl (C=O) groups excluding carboxylic acids is 1. The van der Waals surface area contributed by atoms with E-state index in [2.05, 4.69) is 6.58 Å². The number of hydrogen-bond acceptors (Lipinski definition) is 2. The molecule has 3 nitrogen and oxygen atoms in total. The molecule has 106 valence electrons. The van der Waals surface area contributed by atoms with Crippen molar-refractivity contribution < 1.29 is 9.21 Å². The van der Waals surface area contributed by atoms with Crippen LogP contribution < -0.4 is 0 Å². The molecule has 0 saturated carbocycles.